The van der Waals surface area contributed by atoms with Gasteiger partial charge in [0, 0.05) is 65.2 Å². The summed E-state index contributed by atoms with van der Waals surface area (Å²) in [6.07, 6.45) is -2.27. The van der Waals surface area contributed by atoms with E-state index in [9.17, 15) is 39.0 Å². The standard InChI is InChI=1S/2C38H55N5O9S.CH4/c2*1-24(2)33(32-19-25(3)41-52-32)36(46)43-21-29(44)20-31(43)35(45)40-30(27-9-11-28(12-10-27)34-26(4)39-23-53-34)22-50-18-17-49-16-15-48-14-13-42(8)37(47)51-38(5,6)7;/h2*9-12,19,23-24,29-31,33,44H,13-18,20-22H2,1-8H3,(H,40,45);1H4/t29-,30+,31+,33?;29-,30+,31+,33-;/m11./s1. The smallest absolute Gasteiger partial charge is 0.410 e. The molecule has 2 aliphatic rings. The van der Waals surface area contributed by atoms with E-state index in [1.54, 1.807) is 62.7 Å². The summed E-state index contributed by atoms with van der Waals surface area (Å²) in [5.74, 6) is -2.03. The second-order valence-corrected chi connectivity index (χ2v) is 31.0. The van der Waals surface area contributed by atoms with Crippen LogP contribution in [0.25, 0.3) is 20.9 Å². The number of aliphatic hydroxyl groups excluding tert-OH is 2. The van der Waals surface area contributed by atoms with Crippen LogP contribution in [0.1, 0.15) is 159 Å². The quantitative estimate of drug-likeness (QED) is 0.0266. The number of nitrogens with zero attached hydrogens (tertiary/aromatic N) is 8. The molecule has 6 aromatic rings. The van der Waals surface area contributed by atoms with Crippen molar-refractivity contribution in [1.82, 2.24) is 50.5 Å². The van der Waals surface area contributed by atoms with Crippen LogP contribution in [0.3, 0.4) is 0 Å². The minimum Gasteiger partial charge on any atom is -0.444 e. The van der Waals surface area contributed by atoms with Crippen LogP contribution in [0.15, 0.2) is 80.7 Å². The van der Waals surface area contributed by atoms with Crippen molar-refractivity contribution in [2.75, 3.05) is 120 Å². The van der Waals surface area contributed by atoms with Crippen molar-refractivity contribution in [3.05, 3.63) is 117 Å². The number of likely N-dealkylation sites (tertiary alicyclic amines) is 2. The summed E-state index contributed by atoms with van der Waals surface area (Å²) >= 11 is 3.12. The molecule has 4 N–H and O–H groups in total. The van der Waals surface area contributed by atoms with Crippen LogP contribution < -0.4 is 10.6 Å². The summed E-state index contributed by atoms with van der Waals surface area (Å²) in [6.45, 7) is 30.5. The molecule has 6 amide bonds. The lowest BCUT2D eigenvalue weighted by Gasteiger charge is -2.30. The van der Waals surface area contributed by atoms with E-state index in [4.69, 9.17) is 46.9 Å². The zero-order valence-electron chi connectivity index (χ0n) is 64.3. The van der Waals surface area contributed by atoms with Gasteiger partial charge in [0.25, 0.3) is 0 Å². The molecule has 0 bridgehead atoms. The molecule has 0 aliphatic carbocycles. The third kappa shape index (κ3) is 27.4. The molecule has 8 rings (SSSR count). The van der Waals surface area contributed by atoms with Crippen LogP contribution >= 0.6 is 22.7 Å². The third-order valence-electron chi connectivity index (χ3n) is 17.4. The van der Waals surface area contributed by atoms with Crippen LogP contribution in [-0.4, -0.2) is 241 Å². The first-order chi connectivity index (χ1) is 50.3. The first-order valence-corrected chi connectivity index (χ1v) is 37.8. The summed E-state index contributed by atoms with van der Waals surface area (Å²) in [5, 5.41) is 35.4. The number of carbonyl (C=O) groups is 6. The Labute approximate surface area is 637 Å². The summed E-state index contributed by atoms with van der Waals surface area (Å²) in [4.78, 5) is 96.6. The molecule has 2 saturated heterocycles. The normalized spacial score (nSPS) is 17.0. The zero-order chi connectivity index (χ0) is 77.4. The Hall–Kier alpha value is -7.78. The molecular weight excluding hydrogens is 1420 g/mol. The van der Waals surface area contributed by atoms with Crippen molar-refractivity contribution >= 4 is 58.5 Å². The molecule has 0 radical (unpaired) electrons. The molecule has 1 unspecified atom stereocenters. The molecule has 592 valence electrons. The molecule has 0 saturated carbocycles. The largest absolute Gasteiger partial charge is 0.444 e. The summed E-state index contributed by atoms with van der Waals surface area (Å²) in [6, 6.07) is 16.4. The number of likely N-dealkylation sites (N-methyl/N-ethyl adjacent to an activating group) is 2. The topological polar surface area (TPSA) is 332 Å². The average molecular weight is 1530 g/mol. The van der Waals surface area contributed by atoms with E-state index in [-0.39, 0.29) is 95.2 Å². The van der Waals surface area contributed by atoms with Gasteiger partial charge in [0.05, 0.1) is 147 Å². The fourth-order valence-corrected chi connectivity index (χ4v) is 13.5. The first-order valence-electron chi connectivity index (χ1n) is 36.1. The van der Waals surface area contributed by atoms with Gasteiger partial charge in [-0.3, -0.25) is 19.2 Å². The van der Waals surface area contributed by atoms with E-state index in [2.05, 4.69) is 30.9 Å². The fraction of sp³-hybridized carbons (Fsp3) is 0.610. The van der Waals surface area contributed by atoms with E-state index in [0.717, 1.165) is 43.4 Å². The third-order valence-corrected chi connectivity index (χ3v) is 19.3. The van der Waals surface area contributed by atoms with Gasteiger partial charge in [0.1, 0.15) is 46.6 Å². The molecule has 30 heteroatoms. The number of hydrogen-bond acceptors (Lipinski definition) is 24. The van der Waals surface area contributed by atoms with Crippen molar-refractivity contribution in [2.45, 2.75) is 177 Å². The number of thiazole rings is 2. The molecule has 107 heavy (non-hydrogen) atoms. The second kappa shape index (κ2) is 42.3. The van der Waals surface area contributed by atoms with E-state index in [1.807, 2.05) is 143 Å². The maximum absolute atomic E-state index is 13.9. The number of aromatic nitrogens is 4. The number of benzene rings is 2. The van der Waals surface area contributed by atoms with E-state index < -0.39 is 71.6 Å². The van der Waals surface area contributed by atoms with Crippen molar-refractivity contribution in [3.63, 3.8) is 0 Å². The second-order valence-electron chi connectivity index (χ2n) is 29.3. The van der Waals surface area contributed by atoms with Gasteiger partial charge < -0.3 is 87.4 Å². The van der Waals surface area contributed by atoms with Crippen molar-refractivity contribution < 1.29 is 85.9 Å². The van der Waals surface area contributed by atoms with E-state index in [0.29, 0.717) is 88.9 Å². The number of aryl methyl sites for hydroxylation is 4. The van der Waals surface area contributed by atoms with Gasteiger partial charge in [0.15, 0.2) is 0 Å². The van der Waals surface area contributed by atoms with Gasteiger partial charge in [-0.1, -0.05) is 94.0 Å². The molecule has 4 aromatic heterocycles. The number of carbonyl (C=O) groups excluding carboxylic acids is 6. The lowest BCUT2D eigenvalue weighted by molar-refractivity contribution is -0.141. The summed E-state index contributed by atoms with van der Waals surface area (Å²) < 4.78 is 56.1. The average Bonchev–Trinajstić information content (AvgIpc) is 1.68. The van der Waals surface area contributed by atoms with Crippen LogP contribution in [0.5, 0.6) is 0 Å². The van der Waals surface area contributed by atoms with Crippen LogP contribution in [0.4, 0.5) is 9.59 Å². The lowest BCUT2D eigenvalue weighted by atomic mass is 9.91. The Morgan fingerprint density at radius 2 is 0.860 bits per heavy atom. The highest BCUT2D eigenvalue weighted by Crippen LogP contribution is 2.35. The Balaban J connectivity index is 0.000000332. The van der Waals surface area contributed by atoms with E-state index >= 15 is 0 Å². The summed E-state index contributed by atoms with van der Waals surface area (Å²) in [5.41, 5.74) is 9.39. The van der Waals surface area contributed by atoms with Gasteiger partial charge in [-0.2, -0.15) is 0 Å². The van der Waals surface area contributed by atoms with Crippen molar-refractivity contribution in [1.29, 1.82) is 0 Å². The number of ether oxygens (including phenoxy) is 8. The molecule has 2 aromatic carbocycles. The predicted octanol–water partition coefficient (Wildman–Crippen LogP) is 10.4. The number of β-amino-alcohol motifs (C(OH)–C–C–N with tert-alkyl or cyclic N) is 2. The lowest BCUT2D eigenvalue weighted by Crippen LogP contribution is -2.49. The molecule has 2 fully saturated rings. The number of hydrogen-bond donors (Lipinski definition) is 4. The fourth-order valence-electron chi connectivity index (χ4n) is 11.9. The summed E-state index contributed by atoms with van der Waals surface area (Å²) in [7, 11) is 3.32. The van der Waals surface area contributed by atoms with Crippen molar-refractivity contribution in [3.8, 4) is 20.9 Å². The highest BCUT2D eigenvalue weighted by atomic mass is 32.1. The maximum Gasteiger partial charge on any atom is 0.410 e. The van der Waals surface area contributed by atoms with Gasteiger partial charge >= 0.3 is 12.2 Å². The molecule has 2 aliphatic heterocycles. The van der Waals surface area contributed by atoms with E-state index in [1.165, 1.54) is 19.6 Å². The molecular formula is C77H114N10O18S2. The zero-order valence-corrected chi connectivity index (χ0v) is 65.9. The number of nitrogens with one attached hydrogen (secondary N) is 2. The van der Waals surface area contributed by atoms with Crippen molar-refractivity contribution in [2.24, 2.45) is 11.8 Å². The highest BCUT2D eigenvalue weighted by Gasteiger charge is 2.46. The Bertz CT molecular complexity index is 3480. The number of rotatable bonds is 36. The van der Waals surface area contributed by atoms with Gasteiger partial charge in [-0.15, -0.1) is 22.7 Å². The monoisotopic (exact) mass is 1530 g/mol. The van der Waals surface area contributed by atoms with Gasteiger partial charge in [0.2, 0.25) is 23.6 Å². The van der Waals surface area contributed by atoms with Crippen LogP contribution in [0.2, 0.25) is 0 Å². The minimum absolute atomic E-state index is 0. The molecule has 8 atom stereocenters. The van der Waals surface area contributed by atoms with Crippen LogP contribution in [0, 0.1) is 39.5 Å². The van der Waals surface area contributed by atoms with Gasteiger partial charge in [-0.25, -0.2) is 19.6 Å². The van der Waals surface area contributed by atoms with Crippen LogP contribution in [-0.2, 0) is 57.1 Å². The Morgan fingerprint density at radius 3 is 1.15 bits per heavy atom. The number of amides is 6. The molecule has 28 nitrogen and oxygen atoms in total. The highest BCUT2D eigenvalue weighted by molar-refractivity contribution is 7.13. The molecule has 6 heterocycles. The first kappa shape index (κ1) is 88.1. The maximum atomic E-state index is 13.9. The number of aliphatic hydroxyl groups is 2. The Morgan fingerprint density at radius 1 is 0.533 bits per heavy atom. The predicted molar refractivity (Wildman–Crippen MR) is 406 cm³/mol. The van der Waals surface area contributed by atoms with Gasteiger partial charge in [-0.05, 0) is 103 Å². The SMILES string of the molecule is C.Cc1cc(C(C(=O)N2C[C@H](O)C[C@H]2C(=O)N[C@@H](COCCOCCOCCN(C)C(=O)OC(C)(C)C)c2ccc(-c3scnc3C)cc2)C(C)C)on1.Cc1cc([C@H](C(=O)N2C[C@H](O)C[C@H]2C(=O)N[C@@H](COCCOCCOCCN(C)C(=O)OC(C)(C)C)c2ccc(-c3scnc3C)cc2)C(C)C)on1. The molecule has 0 spiro atoms. The minimum atomic E-state index is -0.878. The Kier molecular flexibility index (Phi) is 34.8.